The Balaban J connectivity index is 1.70. The van der Waals surface area contributed by atoms with Crippen LogP contribution in [0.5, 0.6) is 11.5 Å². The van der Waals surface area contributed by atoms with Gasteiger partial charge in [0, 0.05) is 24.4 Å². The Morgan fingerprint density at radius 2 is 2.00 bits per heavy atom. The van der Waals surface area contributed by atoms with Gasteiger partial charge >= 0.3 is 0 Å². The predicted octanol–water partition coefficient (Wildman–Crippen LogP) is 1.65. The maximum Gasteiger partial charge on any atom is 0.269 e. The van der Waals surface area contributed by atoms with Gasteiger partial charge in [-0.3, -0.25) is 14.6 Å². The van der Waals surface area contributed by atoms with Crippen LogP contribution in [0.4, 0.5) is 0 Å². The molecule has 0 bridgehead atoms. The van der Waals surface area contributed by atoms with Crippen molar-refractivity contribution in [3.05, 3.63) is 69.8 Å². The molecule has 0 unspecified atom stereocenters. The molecule has 29 heavy (non-hydrogen) atoms. The molecule has 0 saturated carbocycles. The molecule has 2 heterocycles. The van der Waals surface area contributed by atoms with Gasteiger partial charge in [-0.25, -0.2) is 4.98 Å². The van der Waals surface area contributed by atoms with Gasteiger partial charge in [0.2, 0.25) is 0 Å². The summed E-state index contributed by atoms with van der Waals surface area (Å²) >= 11 is 0. The van der Waals surface area contributed by atoms with E-state index >= 15 is 0 Å². The Hall–Kier alpha value is -4.19. The van der Waals surface area contributed by atoms with E-state index in [1.54, 1.807) is 44.6 Å². The van der Waals surface area contributed by atoms with Crippen molar-refractivity contribution in [3.63, 3.8) is 0 Å². The number of rotatable bonds is 6. The van der Waals surface area contributed by atoms with Gasteiger partial charge in [-0.05, 0) is 24.3 Å². The number of benzene rings is 1. The summed E-state index contributed by atoms with van der Waals surface area (Å²) in [5.74, 6) is 1.16. The molecule has 146 valence electrons. The zero-order chi connectivity index (χ0) is 20.8. The summed E-state index contributed by atoms with van der Waals surface area (Å²) in [6.45, 7) is 0.262. The van der Waals surface area contributed by atoms with Gasteiger partial charge in [0.15, 0.2) is 5.82 Å². The normalized spacial score (nSPS) is 10.1. The van der Waals surface area contributed by atoms with E-state index in [1.165, 1.54) is 12.4 Å². The SMILES string of the molecule is COc1ccc(CNC(=O)c2ccc(-c3ncc(C#N)c(=O)[nH]3)nc2)c(OC)c1. The first kappa shape index (κ1) is 19.6. The van der Waals surface area contributed by atoms with Crippen LogP contribution >= 0.6 is 0 Å². The Bertz CT molecular complexity index is 1130. The fourth-order valence-electron chi connectivity index (χ4n) is 2.55. The van der Waals surface area contributed by atoms with Crippen LogP contribution in [0.15, 0.2) is 47.5 Å². The topological polar surface area (TPSA) is 130 Å². The molecule has 0 aliphatic heterocycles. The number of ether oxygens (including phenoxy) is 2. The van der Waals surface area contributed by atoms with E-state index in [-0.39, 0.29) is 23.8 Å². The van der Waals surface area contributed by atoms with Crippen LogP contribution in [-0.4, -0.2) is 35.1 Å². The average molecular weight is 391 g/mol. The second kappa shape index (κ2) is 8.67. The fraction of sp³-hybridized carbons (Fsp3) is 0.150. The molecule has 3 aromatic rings. The molecular formula is C20H17N5O4. The highest BCUT2D eigenvalue weighted by Gasteiger charge is 2.11. The van der Waals surface area contributed by atoms with E-state index in [9.17, 15) is 9.59 Å². The van der Waals surface area contributed by atoms with E-state index in [2.05, 4.69) is 20.3 Å². The highest BCUT2D eigenvalue weighted by atomic mass is 16.5. The lowest BCUT2D eigenvalue weighted by Crippen LogP contribution is -2.23. The van der Waals surface area contributed by atoms with Crippen molar-refractivity contribution in [1.29, 1.82) is 5.26 Å². The number of nitriles is 1. The molecule has 2 aromatic heterocycles. The Kier molecular flexibility index (Phi) is 5.85. The van der Waals surface area contributed by atoms with Gasteiger partial charge in [0.05, 0.1) is 26.0 Å². The predicted molar refractivity (Wildman–Crippen MR) is 104 cm³/mol. The number of hydrogen-bond donors (Lipinski definition) is 2. The molecule has 0 saturated heterocycles. The molecule has 1 amide bonds. The van der Waals surface area contributed by atoms with Crippen LogP contribution in [-0.2, 0) is 6.54 Å². The molecule has 1 aromatic carbocycles. The molecule has 2 N–H and O–H groups in total. The molecule has 0 spiro atoms. The van der Waals surface area contributed by atoms with E-state index in [0.717, 1.165) is 5.56 Å². The minimum atomic E-state index is -0.547. The van der Waals surface area contributed by atoms with Gasteiger partial charge in [-0.15, -0.1) is 0 Å². The summed E-state index contributed by atoms with van der Waals surface area (Å²) in [7, 11) is 3.11. The van der Waals surface area contributed by atoms with Crippen LogP contribution in [0.25, 0.3) is 11.5 Å². The number of pyridine rings is 1. The van der Waals surface area contributed by atoms with Crippen molar-refractivity contribution in [2.24, 2.45) is 0 Å². The quantitative estimate of drug-likeness (QED) is 0.653. The number of carbonyl (C=O) groups excluding carboxylic acids is 1. The second-order valence-electron chi connectivity index (χ2n) is 5.88. The van der Waals surface area contributed by atoms with E-state index in [4.69, 9.17) is 14.7 Å². The van der Waals surface area contributed by atoms with Gasteiger partial charge in [-0.1, -0.05) is 0 Å². The van der Waals surface area contributed by atoms with Crippen molar-refractivity contribution < 1.29 is 14.3 Å². The molecule has 0 atom stereocenters. The summed E-state index contributed by atoms with van der Waals surface area (Å²) in [5, 5.41) is 11.6. The molecule has 9 heteroatoms. The highest BCUT2D eigenvalue weighted by molar-refractivity contribution is 5.94. The third-order valence-electron chi connectivity index (χ3n) is 4.12. The van der Waals surface area contributed by atoms with Crippen LogP contribution in [0, 0.1) is 11.3 Å². The van der Waals surface area contributed by atoms with E-state index < -0.39 is 5.56 Å². The van der Waals surface area contributed by atoms with Crippen molar-refractivity contribution in [3.8, 4) is 29.1 Å². The summed E-state index contributed by atoms with van der Waals surface area (Å²) in [5.41, 5.74) is 0.885. The summed E-state index contributed by atoms with van der Waals surface area (Å²) in [6.07, 6.45) is 2.56. The van der Waals surface area contributed by atoms with Crippen LogP contribution in [0.2, 0.25) is 0 Å². The highest BCUT2D eigenvalue weighted by Crippen LogP contribution is 2.24. The zero-order valence-corrected chi connectivity index (χ0v) is 15.7. The molecule has 9 nitrogen and oxygen atoms in total. The average Bonchev–Trinajstić information content (AvgIpc) is 2.77. The summed E-state index contributed by atoms with van der Waals surface area (Å²) in [6, 6.07) is 10.2. The molecular weight excluding hydrogens is 374 g/mol. The van der Waals surface area contributed by atoms with Crippen LogP contribution in [0.3, 0.4) is 0 Å². The van der Waals surface area contributed by atoms with Gasteiger partial charge in [-0.2, -0.15) is 5.26 Å². The van der Waals surface area contributed by atoms with Gasteiger partial charge in [0.25, 0.3) is 11.5 Å². The molecule has 0 aliphatic rings. The number of nitrogens with zero attached hydrogens (tertiary/aromatic N) is 3. The zero-order valence-electron chi connectivity index (χ0n) is 15.7. The minimum absolute atomic E-state index is 0.0845. The lowest BCUT2D eigenvalue weighted by molar-refractivity contribution is 0.0950. The molecule has 0 aliphatic carbocycles. The Morgan fingerprint density at radius 1 is 1.17 bits per heavy atom. The fourth-order valence-corrected chi connectivity index (χ4v) is 2.55. The van der Waals surface area contributed by atoms with Crippen molar-refractivity contribution in [2.75, 3.05) is 14.2 Å². The lowest BCUT2D eigenvalue weighted by Gasteiger charge is -2.11. The number of aromatic amines is 1. The molecule has 0 fully saturated rings. The van der Waals surface area contributed by atoms with Crippen molar-refractivity contribution in [2.45, 2.75) is 6.54 Å². The maximum absolute atomic E-state index is 12.4. The number of H-pyrrole nitrogens is 1. The second-order valence-corrected chi connectivity index (χ2v) is 5.88. The smallest absolute Gasteiger partial charge is 0.269 e. The third kappa shape index (κ3) is 4.39. The standard InChI is InChI=1S/C20H17N5O4/c1-28-15-5-3-12(17(7-15)29-2)9-24-19(26)13-4-6-16(22-10-13)18-23-11-14(8-21)20(27)25-18/h3-7,10-11H,9H2,1-2H3,(H,24,26)(H,23,25,27). The van der Waals surface area contributed by atoms with Crippen LogP contribution in [0.1, 0.15) is 21.5 Å². The van der Waals surface area contributed by atoms with Crippen molar-refractivity contribution in [1.82, 2.24) is 20.3 Å². The van der Waals surface area contributed by atoms with Crippen molar-refractivity contribution >= 4 is 5.91 Å². The maximum atomic E-state index is 12.4. The lowest BCUT2D eigenvalue weighted by atomic mass is 10.1. The number of aromatic nitrogens is 3. The van der Waals surface area contributed by atoms with E-state index in [1.807, 2.05) is 6.07 Å². The van der Waals surface area contributed by atoms with Crippen LogP contribution < -0.4 is 20.3 Å². The number of methoxy groups -OCH3 is 2. The van der Waals surface area contributed by atoms with Gasteiger partial charge < -0.3 is 19.8 Å². The summed E-state index contributed by atoms with van der Waals surface area (Å²) < 4.78 is 10.5. The number of amides is 1. The first-order valence-corrected chi connectivity index (χ1v) is 8.50. The molecule has 3 rings (SSSR count). The summed E-state index contributed by atoms with van der Waals surface area (Å²) in [4.78, 5) is 34.7. The molecule has 0 radical (unpaired) electrons. The third-order valence-corrected chi connectivity index (χ3v) is 4.12. The number of nitrogens with one attached hydrogen (secondary N) is 2. The number of hydrogen-bond acceptors (Lipinski definition) is 7. The Labute approximate surface area is 166 Å². The monoisotopic (exact) mass is 391 g/mol. The number of carbonyl (C=O) groups is 1. The largest absolute Gasteiger partial charge is 0.497 e. The first-order chi connectivity index (χ1) is 14.0. The minimum Gasteiger partial charge on any atom is -0.497 e. The Morgan fingerprint density at radius 3 is 2.62 bits per heavy atom. The van der Waals surface area contributed by atoms with E-state index in [0.29, 0.717) is 22.8 Å². The van der Waals surface area contributed by atoms with Gasteiger partial charge in [0.1, 0.15) is 28.8 Å². The first-order valence-electron chi connectivity index (χ1n) is 8.50.